The summed E-state index contributed by atoms with van der Waals surface area (Å²) in [4.78, 5) is 11.2. The van der Waals surface area contributed by atoms with Gasteiger partial charge >= 0.3 is 0 Å². The van der Waals surface area contributed by atoms with Crippen molar-refractivity contribution in [3.05, 3.63) is 28.2 Å². The van der Waals surface area contributed by atoms with E-state index in [-0.39, 0.29) is 10.7 Å². The third kappa shape index (κ3) is 3.10. The van der Waals surface area contributed by atoms with Crippen LogP contribution < -0.4 is 5.32 Å². The molecule has 76 valence electrons. The zero-order valence-electron chi connectivity index (χ0n) is 7.97. The lowest BCUT2D eigenvalue weighted by Crippen LogP contribution is -2.20. The Bertz CT molecular complexity index is 350. The maximum absolute atomic E-state index is 11.4. The Morgan fingerprint density at radius 3 is 2.71 bits per heavy atom. The Hall–Kier alpha value is -0.350. The quantitative estimate of drug-likeness (QED) is 0.830. The highest BCUT2D eigenvalue weighted by Crippen LogP contribution is 2.21. The largest absolute Gasteiger partial charge is 0.325 e. The molecule has 0 fully saturated rings. The molecule has 14 heavy (non-hydrogen) atoms. The summed E-state index contributed by atoms with van der Waals surface area (Å²) in [5.74, 6) is -0.0359. The van der Waals surface area contributed by atoms with E-state index in [1.165, 1.54) is 0 Å². The molecule has 1 unspecified atom stereocenters. The van der Waals surface area contributed by atoms with E-state index in [0.29, 0.717) is 0 Å². The molecule has 4 heteroatoms. The van der Waals surface area contributed by atoms with E-state index in [1.54, 1.807) is 6.92 Å². The highest BCUT2D eigenvalue weighted by atomic mass is 79.9. The molecule has 0 saturated carbocycles. The Labute approximate surface area is 100 Å². The third-order valence-electron chi connectivity index (χ3n) is 1.82. The highest BCUT2D eigenvalue weighted by molar-refractivity contribution is 9.10. The molecule has 1 aromatic carbocycles. The van der Waals surface area contributed by atoms with E-state index in [4.69, 9.17) is 0 Å². The number of carbonyl (C=O) groups is 1. The van der Waals surface area contributed by atoms with E-state index in [0.717, 1.165) is 15.7 Å². The zero-order valence-corrected chi connectivity index (χ0v) is 11.1. The fraction of sp³-hybridized carbons (Fsp3) is 0.300. The van der Waals surface area contributed by atoms with Gasteiger partial charge in [-0.3, -0.25) is 4.79 Å². The molecule has 0 bridgehead atoms. The van der Waals surface area contributed by atoms with Crippen LogP contribution in [0.25, 0.3) is 0 Å². The third-order valence-corrected chi connectivity index (χ3v) is 2.73. The Morgan fingerprint density at radius 2 is 2.14 bits per heavy atom. The van der Waals surface area contributed by atoms with Crippen LogP contribution in [0.1, 0.15) is 12.5 Å². The molecule has 0 saturated heterocycles. The SMILES string of the molecule is Cc1ccc(Br)cc1NC(=O)C(C)Br. The minimum absolute atomic E-state index is 0.0359. The number of anilines is 1. The lowest BCUT2D eigenvalue weighted by atomic mass is 10.2. The molecule has 0 aromatic heterocycles. The molecular weight excluding hydrogens is 310 g/mol. The summed E-state index contributed by atoms with van der Waals surface area (Å²) in [5, 5.41) is 2.83. The van der Waals surface area contributed by atoms with Gasteiger partial charge in [-0.15, -0.1) is 0 Å². The number of alkyl halides is 1. The highest BCUT2D eigenvalue weighted by Gasteiger charge is 2.09. The van der Waals surface area contributed by atoms with Crippen molar-refractivity contribution in [3.8, 4) is 0 Å². The number of halogens is 2. The van der Waals surface area contributed by atoms with Crippen molar-refractivity contribution in [2.45, 2.75) is 18.7 Å². The summed E-state index contributed by atoms with van der Waals surface area (Å²) < 4.78 is 0.959. The van der Waals surface area contributed by atoms with Gasteiger partial charge in [-0.2, -0.15) is 0 Å². The lowest BCUT2D eigenvalue weighted by Gasteiger charge is -2.09. The second kappa shape index (κ2) is 4.94. The predicted octanol–water partition coefficient (Wildman–Crippen LogP) is 3.48. The molecule has 1 N–H and O–H groups in total. The molecular formula is C10H11Br2NO. The fourth-order valence-electron chi connectivity index (χ4n) is 0.961. The van der Waals surface area contributed by atoms with Gasteiger partial charge < -0.3 is 5.32 Å². The fourth-order valence-corrected chi connectivity index (χ4v) is 1.44. The first-order chi connectivity index (χ1) is 6.50. The van der Waals surface area contributed by atoms with Crippen LogP contribution in [0.2, 0.25) is 0 Å². The van der Waals surface area contributed by atoms with Crippen LogP contribution in [0.15, 0.2) is 22.7 Å². The summed E-state index contributed by atoms with van der Waals surface area (Å²) in [7, 11) is 0. The van der Waals surface area contributed by atoms with Crippen LogP contribution in [0, 0.1) is 6.92 Å². The van der Waals surface area contributed by atoms with Gasteiger partial charge in [0.1, 0.15) is 0 Å². The van der Waals surface area contributed by atoms with Crippen molar-refractivity contribution in [3.63, 3.8) is 0 Å². The van der Waals surface area contributed by atoms with E-state index in [9.17, 15) is 4.79 Å². The first kappa shape index (κ1) is 11.7. The van der Waals surface area contributed by atoms with E-state index in [1.807, 2.05) is 25.1 Å². The average molecular weight is 321 g/mol. The number of hydrogen-bond donors (Lipinski definition) is 1. The van der Waals surface area contributed by atoms with Crippen LogP contribution in [0.3, 0.4) is 0 Å². The second-order valence-corrected chi connectivity index (χ2v) is 5.35. The van der Waals surface area contributed by atoms with Gasteiger partial charge in [-0.25, -0.2) is 0 Å². The molecule has 2 nitrogen and oxygen atoms in total. The Balaban J connectivity index is 2.86. The molecule has 0 heterocycles. The van der Waals surface area contributed by atoms with E-state index in [2.05, 4.69) is 37.2 Å². The van der Waals surface area contributed by atoms with Crippen LogP contribution in [0.4, 0.5) is 5.69 Å². The molecule has 0 aliphatic heterocycles. The standard InChI is InChI=1S/C10H11Br2NO/c1-6-3-4-8(12)5-9(6)13-10(14)7(2)11/h3-5,7H,1-2H3,(H,13,14). The van der Waals surface area contributed by atoms with E-state index < -0.39 is 0 Å². The number of nitrogens with one attached hydrogen (secondary N) is 1. The number of aryl methyl sites for hydroxylation is 1. The van der Waals surface area contributed by atoms with Gasteiger partial charge in [-0.05, 0) is 31.5 Å². The molecule has 1 atom stereocenters. The molecule has 0 spiro atoms. The molecule has 1 amide bonds. The summed E-state index contributed by atoms with van der Waals surface area (Å²) in [6, 6.07) is 5.80. The minimum Gasteiger partial charge on any atom is -0.325 e. The number of amides is 1. The van der Waals surface area contributed by atoms with Crippen LogP contribution >= 0.6 is 31.9 Å². The summed E-state index contributed by atoms with van der Waals surface area (Å²) in [5.41, 5.74) is 1.89. The maximum atomic E-state index is 11.4. The lowest BCUT2D eigenvalue weighted by molar-refractivity contribution is -0.115. The van der Waals surface area contributed by atoms with Gasteiger partial charge in [0, 0.05) is 10.2 Å². The summed E-state index contributed by atoms with van der Waals surface area (Å²) in [6.07, 6.45) is 0. The first-order valence-electron chi connectivity index (χ1n) is 4.22. The molecule has 0 aliphatic carbocycles. The van der Waals surface area contributed by atoms with Crippen molar-refractivity contribution in [1.29, 1.82) is 0 Å². The topological polar surface area (TPSA) is 29.1 Å². The minimum atomic E-state index is -0.180. The van der Waals surface area contributed by atoms with Gasteiger partial charge in [0.15, 0.2) is 0 Å². The van der Waals surface area contributed by atoms with Crippen molar-refractivity contribution in [2.24, 2.45) is 0 Å². The smallest absolute Gasteiger partial charge is 0.237 e. The molecule has 0 aliphatic rings. The molecule has 1 rings (SSSR count). The van der Waals surface area contributed by atoms with Gasteiger partial charge in [0.2, 0.25) is 5.91 Å². The normalized spacial score (nSPS) is 12.3. The zero-order chi connectivity index (χ0) is 10.7. The molecule has 0 radical (unpaired) electrons. The number of hydrogen-bond acceptors (Lipinski definition) is 1. The monoisotopic (exact) mass is 319 g/mol. The number of rotatable bonds is 2. The van der Waals surface area contributed by atoms with Gasteiger partial charge in [0.05, 0.1) is 4.83 Å². The summed E-state index contributed by atoms with van der Waals surface area (Å²) >= 11 is 6.58. The van der Waals surface area contributed by atoms with Crippen LogP contribution in [-0.4, -0.2) is 10.7 Å². The predicted molar refractivity (Wildman–Crippen MR) is 65.9 cm³/mol. The second-order valence-electron chi connectivity index (χ2n) is 3.06. The van der Waals surface area contributed by atoms with E-state index >= 15 is 0 Å². The van der Waals surface area contributed by atoms with Crippen molar-refractivity contribution in [2.75, 3.05) is 5.32 Å². The van der Waals surface area contributed by atoms with Crippen LogP contribution in [0.5, 0.6) is 0 Å². The Kier molecular flexibility index (Phi) is 4.13. The number of carbonyl (C=O) groups excluding carboxylic acids is 1. The average Bonchev–Trinajstić information content (AvgIpc) is 2.11. The molecule has 1 aromatic rings. The van der Waals surface area contributed by atoms with Gasteiger partial charge in [-0.1, -0.05) is 37.9 Å². The van der Waals surface area contributed by atoms with Gasteiger partial charge in [0.25, 0.3) is 0 Å². The Morgan fingerprint density at radius 1 is 1.50 bits per heavy atom. The summed E-state index contributed by atoms with van der Waals surface area (Å²) in [6.45, 7) is 3.75. The van der Waals surface area contributed by atoms with Crippen molar-refractivity contribution >= 4 is 43.5 Å². The number of benzene rings is 1. The first-order valence-corrected chi connectivity index (χ1v) is 5.92. The van der Waals surface area contributed by atoms with Crippen molar-refractivity contribution in [1.82, 2.24) is 0 Å². The maximum Gasteiger partial charge on any atom is 0.237 e. The van der Waals surface area contributed by atoms with Crippen LogP contribution in [-0.2, 0) is 4.79 Å². The van der Waals surface area contributed by atoms with Crippen molar-refractivity contribution < 1.29 is 4.79 Å².